The first-order chi connectivity index (χ1) is 17.5. The van der Waals surface area contributed by atoms with Crippen molar-refractivity contribution < 1.29 is 14.3 Å². The lowest BCUT2D eigenvalue weighted by molar-refractivity contribution is -0.117. The SMILES string of the molecule is Cc1cc(Nc2ncnc(NC(=O)C3CC3)c2C)cc2c1C(C)N(C(=O)OC(C)(C)C)C21CCCCC1. The van der Waals surface area contributed by atoms with Gasteiger partial charge in [-0.15, -0.1) is 0 Å². The third-order valence-electron chi connectivity index (χ3n) is 7.96. The monoisotopic (exact) mass is 505 g/mol. The Hall–Kier alpha value is -3.16. The van der Waals surface area contributed by atoms with Crippen molar-refractivity contribution in [1.29, 1.82) is 0 Å². The van der Waals surface area contributed by atoms with Crippen molar-refractivity contribution in [3.8, 4) is 0 Å². The van der Waals surface area contributed by atoms with Gasteiger partial charge in [-0.05, 0) is 96.0 Å². The summed E-state index contributed by atoms with van der Waals surface area (Å²) in [6, 6.07) is 4.24. The fourth-order valence-corrected chi connectivity index (χ4v) is 6.13. The summed E-state index contributed by atoms with van der Waals surface area (Å²) in [7, 11) is 0. The number of hydrogen-bond acceptors (Lipinski definition) is 6. The van der Waals surface area contributed by atoms with Gasteiger partial charge in [-0.25, -0.2) is 14.8 Å². The van der Waals surface area contributed by atoms with Crippen molar-refractivity contribution in [3.63, 3.8) is 0 Å². The molecule has 2 saturated carbocycles. The van der Waals surface area contributed by atoms with Crippen LogP contribution in [0.25, 0.3) is 0 Å². The van der Waals surface area contributed by atoms with E-state index in [1.165, 1.54) is 23.9 Å². The minimum absolute atomic E-state index is 0.0246. The van der Waals surface area contributed by atoms with Gasteiger partial charge in [-0.3, -0.25) is 9.69 Å². The number of rotatable bonds is 4. The molecule has 2 N–H and O–H groups in total. The highest BCUT2D eigenvalue weighted by Gasteiger charge is 2.53. The van der Waals surface area contributed by atoms with Gasteiger partial charge in [0.25, 0.3) is 0 Å². The Morgan fingerprint density at radius 1 is 1.05 bits per heavy atom. The molecule has 2 amide bonds. The molecule has 2 aromatic rings. The van der Waals surface area contributed by atoms with E-state index in [4.69, 9.17) is 4.74 Å². The fourth-order valence-electron chi connectivity index (χ4n) is 6.13. The molecule has 1 aromatic carbocycles. The first-order valence-electron chi connectivity index (χ1n) is 13.6. The van der Waals surface area contributed by atoms with Gasteiger partial charge in [0.05, 0.1) is 11.6 Å². The number of fused-ring (bicyclic) bond motifs is 2. The lowest BCUT2D eigenvalue weighted by Gasteiger charge is -2.44. The second-order valence-electron chi connectivity index (χ2n) is 12.0. The molecule has 1 aliphatic heterocycles. The number of nitrogens with one attached hydrogen (secondary N) is 2. The number of aromatic nitrogens is 2. The molecule has 2 fully saturated rings. The van der Waals surface area contributed by atoms with Crippen LogP contribution in [0.2, 0.25) is 0 Å². The Kier molecular flexibility index (Phi) is 6.40. The van der Waals surface area contributed by atoms with Gasteiger partial charge in [0, 0.05) is 17.2 Å². The molecule has 8 nitrogen and oxygen atoms in total. The van der Waals surface area contributed by atoms with Gasteiger partial charge in [0.2, 0.25) is 5.91 Å². The van der Waals surface area contributed by atoms with Gasteiger partial charge < -0.3 is 15.4 Å². The molecule has 5 rings (SSSR count). The first kappa shape index (κ1) is 25.5. The summed E-state index contributed by atoms with van der Waals surface area (Å²) < 4.78 is 5.92. The van der Waals surface area contributed by atoms with E-state index in [1.807, 2.05) is 32.6 Å². The van der Waals surface area contributed by atoms with Crippen LogP contribution in [0, 0.1) is 19.8 Å². The molecular formula is C29H39N5O3. The summed E-state index contributed by atoms with van der Waals surface area (Å²) in [5.74, 6) is 1.33. The molecule has 37 heavy (non-hydrogen) atoms. The number of hydrogen-bond donors (Lipinski definition) is 2. The Bertz CT molecular complexity index is 1220. The van der Waals surface area contributed by atoms with E-state index in [0.29, 0.717) is 11.6 Å². The Labute approximate surface area is 219 Å². The molecule has 1 unspecified atom stereocenters. The number of carbonyl (C=O) groups excluding carboxylic acids is 2. The van der Waals surface area contributed by atoms with Crippen molar-refractivity contribution >= 4 is 29.3 Å². The molecule has 0 radical (unpaired) electrons. The van der Waals surface area contributed by atoms with Crippen LogP contribution < -0.4 is 10.6 Å². The minimum atomic E-state index is -0.555. The molecule has 8 heteroatoms. The van der Waals surface area contributed by atoms with E-state index in [-0.39, 0.29) is 29.5 Å². The number of carbonyl (C=O) groups is 2. The highest BCUT2D eigenvalue weighted by Crippen LogP contribution is 2.55. The molecule has 2 heterocycles. The highest BCUT2D eigenvalue weighted by atomic mass is 16.6. The van der Waals surface area contributed by atoms with Crippen molar-refractivity contribution in [2.45, 2.75) is 104 Å². The fraction of sp³-hybridized carbons (Fsp3) is 0.586. The number of nitrogens with zero attached hydrogens (tertiary/aromatic N) is 3. The molecule has 3 aliphatic rings. The van der Waals surface area contributed by atoms with Gasteiger partial charge >= 0.3 is 6.09 Å². The smallest absolute Gasteiger partial charge is 0.411 e. The van der Waals surface area contributed by atoms with Gasteiger partial charge in [0.1, 0.15) is 23.6 Å². The maximum absolute atomic E-state index is 13.6. The third-order valence-corrected chi connectivity index (χ3v) is 7.96. The average molecular weight is 506 g/mol. The Balaban J connectivity index is 1.50. The maximum atomic E-state index is 13.6. The first-order valence-corrected chi connectivity index (χ1v) is 13.6. The van der Waals surface area contributed by atoms with Crippen LogP contribution in [0.4, 0.5) is 22.1 Å². The zero-order chi connectivity index (χ0) is 26.5. The van der Waals surface area contributed by atoms with Crippen LogP contribution in [0.5, 0.6) is 0 Å². The summed E-state index contributed by atoms with van der Waals surface area (Å²) in [6.45, 7) is 11.9. The quantitative estimate of drug-likeness (QED) is 0.482. The standard InChI is InChI=1S/C29H39N5O3/c1-17-14-21(32-24-18(2)25(31-16-30-24)33-26(35)20-10-11-20)15-22-23(17)19(3)34(27(36)37-28(4,5)6)29(22)12-8-7-9-13-29/h14-16,19-20H,7-13H2,1-6H3,(H2,30,31,32,33,35). The van der Waals surface area contributed by atoms with E-state index in [0.717, 1.165) is 55.3 Å². The number of amides is 2. The molecule has 0 saturated heterocycles. The number of aryl methyl sites for hydroxylation is 1. The summed E-state index contributed by atoms with van der Waals surface area (Å²) in [6.07, 6.45) is 8.31. The zero-order valence-electron chi connectivity index (χ0n) is 22.9. The Morgan fingerprint density at radius 2 is 1.73 bits per heavy atom. The number of anilines is 3. The topological polar surface area (TPSA) is 96.5 Å². The van der Waals surface area contributed by atoms with Crippen molar-refractivity contribution in [2.24, 2.45) is 5.92 Å². The Morgan fingerprint density at radius 3 is 2.38 bits per heavy atom. The number of ether oxygens (including phenoxy) is 1. The molecular weight excluding hydrogens is 466 g/mol. The van der Waals surface area contributed by atoms with Crippen LogP contribution in [-0.4, -0.2) is 32.5 Å². The van der Waals surface area contributed by atoms with Crippen molar-refractivity contribution in [3.05, 3.63) is 40.7 Å². The molecule has 1 spiro atoms. The van der Waals surface area contributed by atoms with Crippen LogP contribution in [0.3, 0.4) is 0 Å². The van der Waals surface area contributed by atoms with Gasteiger partial charge in [0.15, 0.2) is 0 Å². The lowest BCUT2D eigenvalue weighted by atomic mass is 9.76. The summed E-state index contributed by atoms with van der Waals surface area (Å²) in [5, 5.41) is 6.44. The molecule has 2 aliphatic carbocycles. The summed E-state index contributed by atoms with van der Waals surface area (Å²) in [4.78, 5) is 36.7. The average Bonchev–Trinajstić information content (AvgIpc) is 3.63. The molecule has 0 bridgehead atoms. The van der Waals surface area contributed by atoms with Gasteiger partial charge in [-0.2, -0.15) is 0 Å². The number of benzene rings is 1. The maximum Gasteiger partial charge on any atom is 0.411 e. The molecule has 1 atom stereocenters. The normalized spacial score (nSPS) is 20.5. The minimum Gasteiger partial charge on any atom is -0.444 e. The highest BCUT2D eigenvalue weighted by molar-refractivity contribution is 5.94. The predicted octanol–water partition coefficient (Wildman–Crippen LogP) is 6.66. The summed E-state index contributed by atoms with van der Waals surface area (Å²) in [5.41, 5.74) is 4.35. The van der Waals surface area contributed by atoms with E-state index in [1.54, 1.807) is 0 Å². The van der Waals surface area contributed by atoms with Crippen molar-refractivity contribution in [2.75, 3.05) is 10.6 Å². The van der Waals surface area contributed by atoms with Crippen LogP contribution in [0.1, 0.15) is 101 Å². The second-order valence-corrected chi connectivity index (χ2v) is 12.0. The van der Waals surface area contributed by atoms with Crippen LogP contribution in [-0.2, 0) is 15.1 Å². The van der Waals surface area contributed by atoms with Crippen molar-refractivity contribution in [1.82, 2.24) is 14.9 Å². The van der Waals surface area contributed by atoms with E-state index in [9.17, 15) is 9.59 Å². The van der Waals surface area contributed by atoms with E-state index in [2.05, 4.69) is 46.6 Å². The molecule has 1 aromatic heterocycles. The molecule has 198 valence electrons. The predicted molar refractivity (Wildman–Crippen MR) is 144 cm³/mol. The van der Waals surface area contributed by atoms with Crippen LogP contribution >= 0.6 is 0 Å². The van der Waals surface area contributed by atoms with Gasteiger partial charge in [-0.1, -0.05) is 19.3 Å². The summed E-state index contributed by atoms with van der Waals surface area (Å²) >= 11 is 0. The van der Waals surface area contributed by atoms with E-state index < -0.39 is 5.60 Å². The largest absolute Gasteiger partial charge is 0.444 e. The third kappa shape index (κ3) is 4.78. The zero-order valence-corrected chi connectivity index (χ0v) is 22.9. The van der Waals surface area contributed by atoms with E-state index >= 15 is 0 Å². The lowest BCUT2D eigenvalue weighted by Crippen LogP contribution is -2.48. The second kappa shape index (κ2) is 9.30. The van der Waals surface area contributed by atoms with Crippen LogP contribution in [0.15, 0.2) is 18.5 Å².